The number of imide groups is 1. The van der Waals surface area contributed by atoms with Gasteiger partial charge in [0.05, 0.1) is 33.9 Å². The summed E-state index contributed by atoms with van der Waals surface area (Å²) in [7, 11) is 0. The Morgan fingerprint density at radius 1 is 1.03 bits per heavy atom. The molecular weight excluding hydrogens is 582 g/mol. The Balaban J connectivity index is 1.71. The van der Waals surface area contributed by atoms with Crippen LogP contribution in [0, 0.1) is 22.0 Å². The van der Waals surface area contributed by atoms with Gasteiger partial charge in [0.1, 0.15) is 0 Å². The highest BCUT2D eigenvalue weighted by atomic mass is 79.9. The quantitative estimate of drug-likeness (QED) is 0.214. The lowest BCUT2D eigenvalue weighted by Gasteiger charge is -2.31. The predicted molar refractivity (Wildman–Crippen MR) is 128 cm³/mol. The monoisotopic (exact) mass is 597 g/mol. The van der Waals surface area contributed by atoms with E-state index in [-0.39, 0.29) is 32.5 Å². The molecule has 2 aromatic rings. The minimum absolute atomic E-state index is 0.0258. The lowest BCUT2D eigenvalue weighted by atomic mass is 9.81. The maximum Gasteiger partial charge on any atom is 0.274 e. The minimum Gasteiger partial charge on any atom is -0.272 e. The van der Waals surface area contributed by atoms with Crippen LogP contribution in [-0.4, -0.2) is 42.3 Å². The maximum absolute atomic E-state index is 13.5. The van der Waals surface area contributed by atoms with Crippen molar-refractivity contribution in [2.24, 2.45) is 11.8 Å². The number of rotatable bonds is 5. The Hall–Kier alpha value is -2.30. The van der Waals surface area contributed by atoms with Crippen molar-refractivity contribution >= 4 is 66.9 Å². The van der Waals surface area contributed by atoms with Gasteiger partial charge < -0.3 is 0 Å². The van der Waals surface area contributed by atoms with Crippen molar-refractivity contribution in [2.45, 2.75) is 29.0 Å². The predicted octanol–water partition coefficient (Wildman–Crippen LogP) is 4.73. The van der Waals surface area contributed by atoms with Crippen molar-refractivity contribution in [2.75, 3.05) is 0 Å². The van der Waals surface area contributed by atoms with E-state index >= 15 is 0 Å². The third kappa shape index (κ3) is 4.56. The minimum atomic E-state index is -0.606. The summed E-state index contributed by atoms with van der Waals surface area (Å²) in [6.45, 7) is -0.131. The summed E-state index contributed by atoms with van der Waals surface area (Å²) in [6, 6.07) is 12.0. The SMILES string of the molecule is O=C(c1ccccc1Cl)N(Cc1ccc([N+](=O)[O-])cc1)N1C(=O)[C@@H]2C[C@H](Br)[C@@H](Br)C[C@H]2C1=O. The summed E-state index contributed by atoms with van der Waals surface area (Å²) in [4.78, 5) is 50.7. The third-order valence-corrected chi connectivity index (χ3v) is 9.01. The van der Waals surface area contributed by atoms with Crippen LogP contribution in [0.1, 0.15) is 28.8 Å². The molecule has 33 heavy (non-hydrogen) atoms. The molecule has 4 rings (SSSR count). The number of alkyl halides is 2. The molecule has 0 N–H and O–H groups in total. The fraction of sp³-hybridized carbons (Fsp3) is 0.318. The molecule has 2 aromatic carbocycles. The van der Waals surface area contributed by atoms with Crippen LogP contribution in [0.2, 0.25) is 5.02 Å². The highest BCUT2D eigenvalue weighted by Gasteiger charge is 2.54. The first-order valence-corrected chi connectivity index (χ1v) is 12.4. The summed E-state index contributed by atoms with van der Waals surface area (Å²) in [5, 5.41) is 13.2. The number of halogens is 3. The molecule has 1 saturated heterocycles. The largest absolute Gasteiger partial charge is 0.274 e. The zero-order chi connectivity index (χ0) is 23.9. The molecule has 11 heteroatoms. The van der Waals surface area contributed by atoms with Gasteiger partial charge in [-0.15, -0.1) is 0 Å². The number of hydrogen-bond donors (Lipinski definition) is 0. The number of carbonyl (C=O) groups is 3. The van der Waals surface area contributed by atoms with Gasteiger partial charge >= 0.3 is 0 Å². The molecule has 3 amide bonds. The van der Waals surface area contributed by atoms with Gasteiger partial charge in [0.2, 0.25) is 0 Å². The number of fused-ring (bicyclic) bond motifs is 1. The topological polar surface area (TPSA) is 101 Å². The van der Waals surface area contributed by atoms with E-state index in [9.17, 15) is 24.5 Å². The molecule has 2 aliphatic rings. The number of non-ortho nitro benzene ring substituents is 1. The number of carbonyl (C=O) groups excluding carboxylic acids is 3. The van der Waals surface area contributed by atoms with Gasteiger partial charge in [0, 0.05) is 21.8 Å². The van der Waals surface area contributed by atoms with E-state index in [0.29, 0.717) is 18.4 Å². The molecule has 1 aliphatic carbocycles. The smallest absolute Gasteiger partial charge is 0.272 e. The number of hydrazine groups is 1. The van der Waals surface area contributed by atoms with Crippen LogP contribution in [0.5, 0.6) is 0 Å². The van der Waals surface area contributed by atoms with Gasteiger partial charge in [0.15, 0.2) is 0 Å². The zero-order valence-corrected chi connectivity index (χ0v) is 21.0. The van der Waals surface area contributed by atoms with Gasteiger partial charge in [0.25, 0.3) is 23.4 Å². The van der Waals surface area contributed by atoms with Crippen LogP contribution in [0.15, 0.2) is 48.5 Å². The highest BCUT2D eigenvalue weighted by molar-refractivity contribution is 9.12. The van der Waals surface area contributed by atoms with Crippen LogP contribution in [0.3, 0.4) is 0 Å². The van der Waals surface area contributed by atoms with Crippen LogP contribution < -0.4 is 0 Å². The normalized spacial score (nSPS) is 24.5. The number of nitrogens with zero attached hydrogens (tertiary/aromatic N) is 3. The van der Waals surface area contributed by atoms with Crippen LogP contribution >= 0.6 is 43.5 Å². The van der Waals surface area contributed by atoms with Crippen LogP contribution in [-0.2, 0) is 16.1 Å². The van der Waals surface area contributed by atoms with Crippen molar-refractivity contribution in [3.05, 3.63) is 74.8 Å². The number of nitro groups is 1. The second-order valence-electron chi connectivity index (χ2n) is 7.97. The van der Waals surface area contributed by atoms with Crippen LogP contribution in [0.25, 0.3) is 0 Å². The van der Waals surface area contributed by atoms with Crippen molar-refractivity contribution in [1.82, 2.24) is 10.0 Å². The van der Waals surface area contributed by atoms with E-state index < -0.39 is 34.5 Å². The summed E-state index contributed by atoms with van der Waals surface area (Å²) in [6.07, 6.45) is 0.931. The van der Waals surface area contributed by atoms with Gasteiger partial charge in [-0.3, -0.25) is 24.5 Å². The Morgan fingerprint density at radius 2 is 1.58 bits per heavy atom. The first-order chi connectivity index (χ1) is 15.7. The summed E-state index contributed by atoms with van der Waals surface area (Å²) in [5.41, 5.74) is 0.565. The van der Waals surface area contributed by atoms with E-state index in [2.05, 4.69) is 31.9 Å². The second-order valence-corrected chi connectivity index (χ2v) is 10.7. The zero-order valence-electron chi connectivity index (χ0n) is 17.1. The highest BCUT2D eigenvalue weighted by Crippen LogP contribution is 2.44. The first kappa shape index (κ1) is 23.8. The van der Waals surface area contributed by atoms with Gasteiger partial charge in [-0.25, -0.2) is 5.01 Å². The lowest BCUT2D eigenvalue weighted by Crippen LogP contribution is -2.49. The first-order valence-electron chi connectivity index (χ1n) is 10.1. The Morgan fingerprint density at radius 3 is 2.09 bits per heavy atom. The molecule has 0 unspecified atom stereocenters. The van der Waals surface area contributed by atoms with Crippen molar-refractivity contribution in [3.8, 4) is 0 Å². The van der Waals surface area contributed by atoms with Crippen molar-refractivity contribution < 1.29 is 19.3 Å². The van der Waals surface area contributed by atoms with E-state index in [1.54, 1.807) is 18.2 Å². The number of amides is 3. The fourth-order valence-electron chi connectivity index (χ4n) is 4.22. The molecular formula is C22H18Br2ClN3O5. The molecule has 1 saturated carbocycles. The lowest BCUT2D eigenvalue weighted by molar-refractivity contribution is -0.384. The van der Waals surface area contributed by atoms with E-state index in [1.807, 2.05) is 0 Å². The van der Waals surface area contributed by atoms with E-state index in [4.69, 9.17) is 11.6 Å². The molecule has 0 aromatic heterocycles. The van der Waals surface area contributed by atoms with Gasteiger partial charge in [-0.2, -0.15) is 5.01 Å². The maximum atomic E-state index is 13.5. The molecule has 8 nitrogen and oxygen atoms in total. The van der Waals surface area contributed by atoms with Crippen molar-refractivity contribution in [1.29, 1.82) is 0 Å². The summed E-state index contributed by atoms with van der Waals surface area (Å²) < 4.78 is 0. The second kappa shape index (κ2) is 9.52. The molecule has 0 spiro atoms. The fourth-order valence-corrected chi connectivity index (χ4v) is 5.67. The number of nitro benzene ring substituents is 1. The number of hydrogen-bond acceptors (Lipinski definition) is 5. The van der Waals surface area contributed by atoms with Gasteiger partial charge in [-0.1, -0.05) is 67.7 Å². The van der Waals surface area contributed by atoms with E-state index in [0.717, 1.165) is 10.0 Å². The summed E-state index contributed by atoms with van der Waals surface area (Å²) in [5.74, 6) is -2.54. The van der Waals surface area contributed by atoms with Gasteiger partial charge in [-0.05, 0) is 30.5 Å². The standard InChI is InChI=1S/C22H18Br2ClN3O5/c23-17-9-15-16(10-18(17)24)22(31)27(21(15)30)26(20(29)14-3-1-2-4-19(14)25)11-12-5-7-13(8-6-12)28(32)33/h1-8,15-18H,9-11H2/t15-,16-,17+,18+/m1/s1. The van der Waals surface area contributed by atoms with E-state index in [1.165, 1.54) is 30.3 Å². The average molecular weight is 600 g/mol. The third-order valence-electron chi connectivity index (χ3n) is 5.95. The Bertz CT molecular complexity index is 1100. The molecule has 2 fully saturated rings. The molecule has 172 valence electrons. The Kier molecular flexibility index (Phi) is 6.88. The molecule has 0 bridgehead atoms. The van der Waals surface area contributed by atoms with Crippen LogP contribution in [0.4, 0.5) is 5.69 Å². The molecule has 0 radical (unpaired) electrons. The molecule has 1 aliphatic heterocycles. The average Bonchev–Trinajstić information content (AvgIpc) is 3.02. The molecule has 4 atom stereocenters. The van der Waals surface area contributed by atoms with Crippen molar-refractivity contribution in [3.63, 3.8) is 0 Å². The number of benzene rings is 2. The molecule has 1 heterocycles. The Labute approximate surface area is 211 Å². The summed E-state index contributed by atoms with van der Waals surface area (Å²) >= 11 is 13.4.